The lowest BCUT2D eigenvalue weighted by Gasteiger charge is -2.26. The van der Waals surface area contributed by atoms with E-state index in [1.165, 1.54) is 0 Å². The van der Waals surface area contributed by atoms with Crippen molar-refractivity contribution in [3.8, 4) is 0 Å². The van der Waals surface area contributed by atoms with Gasteiger partial charge >= 0.3 is 0 Å². The monoisotopic (exact) mass is 482 g/mol. The summed E-state index contributed by atoms with van der Waals surface area (Å²) in [5.41, 5.74) is 3.55. The fourth-order valence-corrected chi connectivity index (χ4v) is 4.25. The summed E-state index contributed by atoms with van der Waals surface area (Å²) in [6, 6.07) is 24.7. The summed E-state index contributed by atoms with van der Waals surface area (Å²) < 4.78 is 6.55. The summed E-state index contributed by atoms with van der Waals surface area (Å²) in [5, 5.41) is 6.91. The van der Waals surface area contributed by atoms with Crippen LogP contribution < -0.4 is 0 Å². The third kappa shape index (κ3) is 4.33. The van der Waals surface area contributed by atoms with Crippen LogP contribution in [0.1, 0.15) is 35.3 Å². The summed E-state index contributed by atoms with van der Waals surface area (Å²) in [6.07, 6.45) is -0.146. The molecule has 0 spiro atoms. The number of ether oxygens (including phenoxy) is 1. The van der Waals surface area contributed by atoms with Crippen LogP contribution in [0.2, 0.25) is 5.02 Å². The van der Waals surface area contributed by atoms with E-state index < -0.39 is 6.10 Å². The second-order valence-electron chi connectivity index (χ2n) is 7.04. The number of hydrogen-bond donors (Lipinski definition) is 0. The molecule has 4 nitrogen and oxygen atoms in total. The Morgan fingerprint density at radius 3 is 2.57 bits per heavy atom. The zero-order chi connectivity index (χ0) is 21.1. The number of carbonyl (C=O) groups is 1. The second kappa shape index (κ2) is 9.13. The minimum atomic E-state index is -0.738. The first-order valence-corrected chi connectivity index (χ1v) is 10.7. The van der Waals surface area contributed by atoms with Gasteiger partial charge in [-0.25, -0.2) is 5.01 Å². The van der Waals surface area contributed by atoms with Crippen molar-refractivity contribution in [1.29, 1.82) is 0 Å². The van der Waals surface area contributed by atoms with Crippen molar-refractivity contribution in [1.82, 2.24) is 5.01 Å². The standard InChI is InChI=1S/C24H20BrClN2O2/c1-30-23(16-7-3-2-4-8-16)24(29)28-22(18-10-6-12-20(26)14-18)15-21(27-28)17-9-5-11-19(25)13-17/h2-14,22-23H,15H2,1H3. The average Bonchev–Trinajstić information content (AvgIpc) is 3.21. The number of methoxy groups -OCH3 is 1. The summed E-state index contributed by atoms with van der Waals surface area (Å²) in [7, 11) is 1.54. The van der Waals surface area contributed by atoms with Crippen LogP contribution in [0, 0.1) is 0 Å². The Morgan fingerprint density at radius 2 is 1.87 bits per heavy atom. The van der Waals surface area contributed by atoms with E-state index in [4.69, 9.17) is 21.4 Å². The number of amides is 1. The van der Waals surface area contributed by atoms with E-state index >= 15 is 0 Å². The van der Waals surface area contributed by atoms with Crippen LogP contribution in [0.4, 0.5) is 0 Å². The molecule has 0 saturated carbocycles. The molecule has 30 heavy (non-hydrogen) atoms. The van der Waals surface area contributed by atoms with Crippen LogP contribution in [0.25, 0.3) is 0 Å². The minimum absolute atomic E-state index is 0.210. The van der Waals surface area contributed by atoms with E-state index in [1.807, 2.05) is 78.9 Å². The number of carbonyl (C=O) groups excluding carboxylic acids is 1. The average molecular weight is 484 g/mol. The topological polar surface area (TPSA) is 41.9 Å². The molecule has 0 bridgehead atoms. The molecule has 0 radical (unpaired) electrons. The molecule has 0 aliphatic carbocycles. The third-order valence-electron chi connectivity index (χ3n) is 5.09. The first-order valence-electron chi connectivity index (χ1n) is 9.56. The van der Waals surface area contributed by atoms with Crippen LogP contribution in [0.5, 0.6) is 0 Å². The first kappa shape index (κ1) is 20.8. The Morgan fingerprint density at radius 1 is 1.10 bits per heavy atom. The SMILES string of the molecule is COC(C(=O)N1N=C(c2cccc(Br)c2)CC1c1cccc(Cl)c1)c1ccccc1. The zero-order valence-corrected chi connectivity index (χ0v) is 18.7. The maximum atomic E-state index is 13.5. The predicted octanol–water partition coefficient (Wildman–Crippen LogP) is 6.17. The van der Waals surface area contributed by atoms with Crippen molar-refractivity contribution in [2.45, 2.75) is 18.6 Å². The van der Waals surface area contributed by atoms with Gasteiger partial charge < -0.3 is 4.74 Å². The fraction of sp³-hybridized carbons (Fsp3) is 0.167. The molecule has 4 rings (SSSR count). The van der Waals surface area contributed by atoms with Gasteiger partial charge in [0.05, 0.1) is 11.8 Å². The molecule has 1 heterocycles. The number of hydrogen-bond acceptors (Lipinski definition) is 3. The first-order chi connectivity index (χ1) is 14.6. The van der Waals surface area contributed by atoms with Crippen molar-refractivity contribution in [3.63, 3.8) is 0 Å². The van der Waals surface area contributed by atoms with E-state index in [-0.39, 0.29) is 11.9 Å². The zero-order valence-electron chi connectivity index (χ0n) is 16.3. The maximum Gasteiger partial charge on any atom is 0.276 e. The molecule has 0 N–H and O–H groups in total. The number of hydrazone groups is 1. The molecule has 1 amide bonds. The smallest absolute Gasteiger partial charge is 0.276 e. The number of rotatable bonds is 5. The Balaban J connectivity index is 1.74. The highest BCUT2D eigenvalue weighted by atomic mass is 79.9. The van der Waals surface area contributed by atoms with Crippen LogP contribution in [0.15, 0.2) is 88.4 Å². The molecule has 0 aromatic heterocycles. The molecular formula is C24H20BrClN2O2. The Hall–Kier alpha value is -2.47. The molecule has 2 atom stereocenters. The van der Waals surface area contributed by atoms with E-state index in [1.54, 1.807) is 12.1 Å². The summed E-state index contributed by atoms with van der Waals surface area (Å²) >= 11 is 9.75. The Labute approximate surface area is 189 Å². The second-order valence-corrected chi connectivity index (χ2v) is 8.39. The van der Waals surface area contributed by atoms with Gasteiger partial charge in [0.15, 0.2) is 6.10 Å². The van der Waals surface area contributed by atoms with Crippen molar-refractivity contribution in [2.75, 3.05) is 7.11 Å². The quantitative estimate of drug-likeness (QED) is 0.435. The lowest BCUT2D eigenvalue weighted by atomic mass is 9.98. The van der Waals surface area contributed by atoms with Gasteiger partial charge in [-0.3, -0.25) is 4.79 Å². The lowest BCUT2D eigenvalue weighted by molar-refractivity contribution is -0.144. The van der Waals surface area contributed by atoms with Crippen LogP contribution >= 0.6 is 27.5 Å². The maximum absolute atomic E-state index is 13.5. The van der Waals surface area contributed by atoms with Crippen molar-refractivity contribution >= 4 is 39.1 Å². The number of nitrogens with zero attached hydrogens (tertiary/aromatic N) is 2. The molecule has 2 unspecified atom stereocenters. The Kier molecular flexibility index (Phi) is 6.32. The van der Waals surface area contributed by atoms with Gasteiger partial charge in [-0.15, -0.1) is 0 Å². The predicted molar refractivity (Wildman–Crippen MR) is 123 cm³/mol. The number of benzene rings is 3. The van der Waals surface area contributed by atoms with Crippen molar-refractivity contribution < 1.29 is 9.53 Å². The fourth-order valence-electron chi connectivity index (χ4n) is 3.66. The van der Waals surface area contributed by atoms with E-state index in [9.17, 15) is 4.79 Å². The van der Waals surface area contributed by atoms with Gasteiger partial charge in [0.2, 0.25) is 0 Å². The van der Waals surface area contributed by atoms with Gasteiger partial charge in [-0.2, -0.15) is 5.10 Å². The van der Waals surface area contributed by atoms with E-state index in [2.05, 4.69) is 15.9 Å². The van der Waals surface area contributed by atoms with Crippen LogP contribution in [-0.4, -0.2) is 23.7 Å². The van der Waals surface area contributed by atoms with Gasteiger partial charge in [0.1, 0.15) is 0 Å². The normalized spacial score (nSPS) is 17.0. The molecular weight excluding hydrogens is 464 g/mol. The number of halogens is 2. The highest BCUT2D eigenvalue weighted by Gasteiger charge is 2.37. The lowest BCUT2D eigenvalue weighted by Crippen LogP contribution is -2.32. The van der Waals surface area contributed by atoms with Crippen molar-refractivity contribution in [3.05, 3.63) is 105 Å². The molecule has 6 heteroatoms. The molecule has 0 fully saturated rings. The highest BCUT2D eigenvalue weighted by Crippen LogP contribution is 2.36. The van der Waals surface area contributed by atoms with Gasteiger partial charge in [0.25, 0.3) is 5.91 Å². The van der Waals surface area contributed by atoms with E-state index in [0.717, 1.165) is 26.9 Å². The molecule has 152 valence electrons. The molecule has 3 aromatic rings. The Bertz CT molecular complexity index is 1090. The minimum Gasteiger partial charge on any atom is -0.367 e. The summed E-state index contributed by atoms with van der Waals surface area (Å²) in [6.45, 7) is 0. The summed E-state index contributed by atoms with van der Waals surface area (Å²) in [5.74, 6) is -0.210. The molecule has 1 aliphatic heterocycles. The molecule has 1 aliphatic rings. The highest BCUT2D eigenvalue weighted by molar-refractivity contribution is 9.10. The largest absolute Gasteiger partial charge is 0.367 e. The van der Waals surface area contributed by atoms with Crippen LogP contribution in [0.3, 0.4) is 0 Å². The molecule has 3 aromatic carbocycles. The third-order valence-corrected chi connectivity index (χ3v) is 5.82. The van der Waals surface area contributed by atoms with Gasteiger partial charge in [0, 0.05) is 23.0 Å². The van der Waals surface area contributed by atoms with E-state index in [0.29, 0.717) is 11.4 Å². The molecule has 0 saturated heterocycles. The van der Waals surface area contributed by atoms with Gasteiger partial charge in [-0.1, -0.05) is 82.1 Å². The van der Waals surface area contributed by atoms with Gasteiger partial charge in [-0.05, 0) is 41.0 Å². The van der Waals surface area contributed by atoms with Crippen molar-refractivity contribution in [2.24, 2.45) is 5.10 Å². The van der Waals surface area contributed by atoms with Crippen LogP contribution in [-0.2, 0) is 9.53 Å². The summed E-state index contributed by atoms with van der Waals surface area (Å²) in [4.78, 5) is 13.5.